The summed E-state index contributed by atoms with van der Waals surface area (Å²) in [6.45, 7) is 5.96. The minimum Gasteiger partial charge on any atom is -0.465 e. The first kappa shape index (κ1) is 20.9. The van der Waals surface area contributed by atoms with Gasteiger partial charge in [0.25, 0.3) is 0 Å². The summed E-state index contributed by atoms with van der Waals surface area (Å²) in [5.74, 6) is -1.18. The van der Waals surface area contributed by atoms with Crippen LogP contribution in [0, 0.1) is 5.41 Å². The monoisotopic (exact) mass is 362 g/mol. The second kappa shape index (κ2) is 9.52. The Morgan fingerprint density at radius 3 is 2.42 bits per heavy atom. The Balaban J connectivity index is 1.89. The maximum Gasteiger partial charge on any atom is 0.311 e. The van der Waals surface area contributed by atoms with Crippen molar-refractivity contribution in [2.24, 2.45) is 5.41 Å². The third kappa shape index (κ3) is 7.08. The molecule has 0 aliphatic heterocycles. The highest BCUT2D eigenvalue weighted by atomic mass is 16.6. The first-order valence-electron chi connectivity index (χ1n) is 9.90. The lowest BCUT2D eigenvalue weighted by atomic mass is 9.93. The van der Waals surface area contributed by atoms with Crippen molar-refractivity contribution in [2.75, 3.05) is 6.61 Å². The van der Waals surface area contributed by atoms with Gasteiger partial charge in [0.15, 0.2) is 5.79 Å². The normalized spacial score (nSPS) is 18.3. The van der Waals surface area contributed by atoms with Crippen LogP contribution in [0.1, 0.15) is 71.3 Å². The van der Waals surface area contributed by atoms with Crippen LogP contribution in [0.2, 0.25) is 0 Å². The van der Waals surface area contributed by atoms with Crippen molar-refractivity contribution in [2.45, 2.75) is 84.0 Å². The van der Waals surface area contributed by atoms with Crippen LogP contribution in [0.4, 0.5) is 0 Å². The molecule has 1 aliphatic rings. The van der Waals surface area contributed by atoms with Gasteiger partial charge >= 0.3 is 5.97 Å². The van der Waals surface area contributed by atoms with Crippen molar-refractivity contribution in [3.63, 3.8) is 0 Å². The van der Waals surface area contributed by atoms with Gasteiger partial charge in [-0.2, -0.15) is 0 Å². The van der Waals surface area contributed by atoms with E-state index in [9.17, 15) is 9.90 Å². The van der Waals surface area contributed by atoms with Crippen LogP contribution >= 0.6 is 0 Å². The molecule has 0 radical (unpaired) electrons. The molecule has 26 heavy (non-hydrogen) atoms. The molecule has 0 bridgehead atoms. The lowest BCUT2D eigenvalue weighted by Gasteiger charge is -2.35. The predicted molar refractivity (Wildman–Crippen MR) is 103 cm³/mol. The average Bonchev–Trinajstić information content (AvgIpc) is 2.58. The zero-order chi connectivity index (χ0) is 19.0. The summed E-state index contributed by atoms with van der Waals surface area (Å²) >= 11 is 0. The first-order chi connectivity index (χ1) is 12.3. The summed E-state index contributed by atoms with van der Waals surface area (Å²) in [6, 6.07) is 10.2. The fraction of sp³-hybridized carbons (Fsp3) is 0.682. The van der Waals surface area contributed by atoms with Crippen LogP contribution in [-0.2, 0) is 20.7 Å². The van der Waals surface area contributed by atoms with Crippen molar-refractivity contribution < 1.29 is 19.4 Å². The lowest BCUT2D eigenvalue weighted by Crippen LogP contribution is -2.39. The lowest BCUT2D eigenvalue weighted by molar-refractivity contribution is -0.246. The molecule has 0 unspecified atom stereocenters. The largest absolute Gasteiger partial charge is 0.465 e. The van der Waals surface area contributed by atoms with Gasteiger partial charge in [-0.1, -0.05) is 36.8 Å². The van der Waals surface area contributed by atoms with Crippen LogP contribution in [0.15, 0.2) is 30.3 Å². The van der Waals surface area contributed by atoms with Crippen molar-refractivity contribution in [3.8, 4) is 0 Å². The van der Waals surface area contributed by atoms with E-state index < -0.39 is 11.2 Å². The van der Waals surface area contributed by atoms with E-state index >= 15 is 0 Å². The van der Waals surface area contributed by atoms with E-state index in [1.165, 1.54) is 5.56 Å². The molecule has 1 fully saturated rings. The third-order valence-electron chi connectivity index (χ3n) is 4.84. The van der Waals surface area contributed by atoms with Crippen molar-refractivity contribution in [1.82, 2.24) is 0 Å². The van der Waals surface area contributed by atoms with Gasteiger partial charge in [0, 0.05) is 12.8 Å². The van der Waals surface area contributed by atoms with Gasteiger partial charge in [0.05, 0.1) is 18.1 Å². The summed E-state index contributed by atoms with van der Waals surface area (Å²) < 4.78 is 11.5. The molecular formula is C22H34O4. The molecule has 1 N–H and O–H groups in total. The van der Waals surface area contributed by atoms with Crippen LogP contribution in [0.25, 0.3) is 0 Å². The Hall–Kier alpha value is -1.39. The Bertz CT molecular complexity index is 541. The summed E-state index contributed by atoms with van der Waals surface area (Å²) in [7, 11) is 0. The molecule has 1 aliphatic carbocycles. The number of hydrogen-bond donors (Lipinski definition) is 1. The summed E-state index contributed by atoms with van der Waals surface area (Å²) in [4.78, 5) is 11.9. The Kier molecular flexibility index (Phi) is 7.66. The molecule has 146 valence electrons. The Morgan fingerprint density at radius 2 is 1.81 bits per heavy atom. The van der Waals surface area contributed by atoms with E-state index in [0.29, 0.717) is 19.4 Å². The SMILES string of the molecule is CC(C)(C)C(=O)OCCC[C@@H](Cc1ccccc1)OC1(O)CCCCC1. The number of benzene rings is 1. The van der Waals surface area contributed by atoms with Gasteiger partial charge in [-0.15, -0.1) is 0 Å². The minimum absolute atomic E-state index is 0.0751. The third-order valence-corrected chi connectivity index (χ3v) is 4.84. The van der Waals surface area contributed by atoms with Crippen molar-refractivity contribution in [1.29, 1.82) is 0 Å². The molecule has 2 rings (SSSR count). The molecule has 0 saturated heterocycles. The molecule has 0 heterocycles. The number of esters is 1. The fourth-order valence-corrected chi connectivity index (χ4v) is 3.30. The molecule has 0 amide bonds. The molecule has 1 atom stereocenters. The zero-order valence-electron chi connectivity index (χ0n) is 16.5. The number of ether oxygens (including phenoxy) is 2. The van der Waals surface area contributed by atoms with E-state index in [0.717, 1.165) is 38.5 Å². The number of rotatable bonds is 8. The average molecular weight is 363 g/mol. The molecule has 4 heteroatoms. The van der Waals surface area contributed by atoms with E-state index in [2.05, 4.69) is 12.1 Å². The minimum atomic E-state index is -1.00. The maximum atomic E-state index is 11.9. The van der Waals surface area contributed by atoms with Gasteiger partial charge in [-0.25, -0.2) is 0 Å². The standard InChI is InChI=1S/C22H34O4/c1-21(2,3)20(23)25-16-10-13-19(17-18-11-6-4-7-12-18)26-22(24)14-8-5-9-15-22/h4,6-7,11-12,19,24H,5,8-10,13-17H2,1-3H3/t19-/m0/s1. The highest BCUT2D eigenvalue weighted by molar-refractivity contribution is 5.75. The van der Waals surface area contributed by atoms with Gasteiger partial charge < -0.3 is 14.6 Å². The number of carbonyl (C=O) groups excluding carboxylic acids is 1. The topological polar surface area (TPSA) is 55.8 Å². The quantitative estimate of drug-likeness (QED) is 0.416. The van der Waals surface area contributed by atoms with Gasteiger partial charge in [0.1, 0.15) is 0 Å². The number of hydrogen-bond acceptors (Lipinski definition) is 4. The molecule has 1 aromatic carbocycles. The van der Waals surface area contributed by atoms with Crippen molar-refractivity contribution >= 4 is 5.97 Å². The van der Waals surface area contributed by atoms with E-state index in [1.54, 1.807) is 0 Å². The smallest absolute Gasteiger partial charge is 0.311 e. The van der Waals surface area contributed by atoms with Gasteiger partial charge in [0.2, 0.25) is 0 Å². The molecule has 0 spiro atoms. The Labute approximate surface area is 157 Å². The summed E-state index contributed by atoms with van der Waals surface area (Å²) in [5.41, 5.74) is 0.723. The van der Waals surface area contributed by atoms with E-state index in [1.807, 2.05) is 39.0 Å². The van der Waals surface area contributed by atoms with Gasteiger partial charge in [-0.3, -0.25) is 4.79 Å². The maximum absolute atomic E-state index is 11.9. The second-order valence-electron chi connectivity index (χ2n) is 8.46. The predicted octanol–water partition coefficient (Wildman–Crippen LogP) is 4.64. The second-order valence-corrected chi connectivity index (χ2v) is 8.46. The van der Waals surface area contributed by atoms with E-state index in [-0.39, 0.29) is 12.1 Å². The molecule has 1 saturated carbocycles. The summed E-state index contributed by atoms with van der Waals surface area (Å²) in [5, 5.41) is 10.8. The molecule has 0 aromatic heterocycles. The Morgan fingerprint density at radius 1 is 1.15 bits per heavy atom. The highest BCUT2D eigenvalue weighted by Crippen LogP contribution is 2.31. The number of carbonyl (C=O) groups is 1. The number of aliphatic hydroxyl groups is 1. The fourth-order valence-electron chi connectivity index (χ4n) is 3.30. The van der Waals surface area contributed by atoms with Crippen molar-refractivity contribution in [3.05, 3.63) is 35.9 Å². The van der Waals surface area contributed by atoms with E-state index in [4.69, 9.17) is 9.47 Å². The van der Waals surface area contributed by atoms with Crippen LogP contribution in [-0.4, -0.2) is 29.6 Å². The first-order valence-corrected chi connectivity index (χ1v) is 9.90. The molecular weight excluding hydrogens is 328 g/mol. The molecule has 4 nitrogen and oxygen atoms in total. The van der Waals surface area contributed by atoms with Gasteiger partial charge in [-0.05, 0) is 58.4 Å². The van der Waals surface area contributed by atoms with Crippen LogP contribution in [0.5, 0.6) is 0 Å². The zero-order valence-corrected chi connectivity index (χ0v) is 16.5. The van der Waals surface area contributed by atoms with Crippen LogP contribution < -0.4 is 0 Å². The molecule has 1 aromatic rings. The van der Waals surface area contributed by atoms with Crippen LogP contribution in [0.3, 0.4) is 0 Å². The highest BCUT2D eigenvalue weighted by Gasteiger charge is 2.33. The summed E-state index contributed by atoms with van der Waals surface area (Å²) in [6.07, 6.45) is 6.77.